The van der Waals surface area contributed by atoms with Gasteiger partial charge in [-0.1, -0.05) is 0 Å². The van der Waals surface area contributed by atoms with Gasteiger partial charge in [0.15, 0.2) is 5.65 Å². The van der Waals surface area contributed by atoms with Crippen molar-refractivity contribution in [3.63, 3.8) is 0 Å². The zero-order chi connectivity index (χ0) is 22.9. The minimum Gasteiger partial charge on any atom is -0.384 e. The molecule has 3 fully saturated rings. The summed E-state index contributed by atoms with van der Waals surface area (Å²) in [5, 5.41) is 4.89. The van der Waals surface area contributed by atoms with Crippen LogP contribution in [0.2, 0.25) is 0 Å². The van der Waals surface area contributed by atoms with Crippen LogP contribution in [-0.2, 0) is 9.53 Å². The molecule has 0 radical (unpaired) electrons. The predicted octanol–water partition coefficient (Wildman–Crippen LogP) is 3.08. The number of hydrogen-bond acceptors (Lipinski definition) is 6. The number of nitrogens with two attached hydrogens (primary N) is 1. The second-order valence-electron chi connectivity index (χ2n) is 10.3. The van der Waals surface area contributed by atoms with E-state index in [2.05, 4.69) is 29.0 Å². The molecule has 4 heterocycles. The number of ether oxygens (including phenoxy) is 1. The molecule has 1 aliphatic carbocycles. The summed E-state index contributed by atoms with van der Waals surface area (Å²) in [6.45, 7) is 5.53. The minimum atomic E-state index is 0.0496. The molecule has 2 aromatic rings. The smallest absolute Gasteiger partial charge is 0.226 e. The van der Waals surface area contributed by atoms with Crippen molar-refractivity contribution in [1.82, 2.24) is 19.5 Å². The van der Waals surface area contributed by atoms with Crippen molar-refractivity contribution >= 4 is 17.4 Å². The summed E-state index contributed by atoms with van der Waals surface area (Å²) >= 11 is 0. The number of aromatic nitrogens is 3. The Morgan fingerprint density at radius 3 is 2.70 bits per heavy atom. The number of rotatable bonds is 5. The molecule has 5 rings (SSSR count). The molecule has 0 spiro atoms. The van der Waals surface area contributed by atoms with Gasteiger partial charge in [-0.2, -0.15) is 5.10 Å². The molecule has 8 nitrogen and oxygen atoms in total. The van der Waals surface area contributed by atoms with Crippen LogP contribution in [0, 0.1) is 18.8 Å². The Bertz CT molecular complexity index is 983. The average molecular weight is 455 g/mol. The van der Waals surface area contributed by atoms with Crippen LogP contribution < -0.4 is 10.6 Å². The molecule has 2 aliphatic heterocycles. The number of amides is 1. The lowest BCUT2D eigenvalue weighted by Crippen LogP contribution is -2.43. The Morgan fingerprint density at radius 1 is 1.15 bits per heavy atom. The molecule has 0 bridgehead atoms. The van der Waals surface area contributed by atoms with E-state index in [0.717, 1.165) is 100 Å². The molecule has 1 saturated carbocycles. The molecule has 2 aromatic heterocycles. The van der Waals surface area contributed by atoms with Crippen LogP contribution in [0.25, 0.3) is 5.65 Å². The van der Waals surface area contributed by atoms with Crippen molar-refractivity contribution in [3.05, 3.63) is 23.5 Å². The van der Waals surface area contributed by atoms with E-state index in [-0.39, 0.29) is 18.0 Å². The summed E-state index contributed by atoms with van der Waals surface area (Å²) < 4.78 is 7.22. The topological polar surface area (TPSA) is 89.0 Å². The summed E-state index contributed by atoms with van der Waals surface area (Å²) in [5.74, 6) is 2.07. The normalized spacial score (nSPS) is 28.6. The van der Waals surface area contributed by atoms with Crippen LogP contribution in [0.1, 0.15) is 68.7 Å². The van der Waals surface area contributed by atoms with Crippen LogP contribution in [0.4, 0.5) is 5.82 Å². The predicted molar refractivity (Wildman–Crippen MR) is 128 cm³/mol. The van der Waals surface area contributed by atoms with Crippen molar-refractivity contribution in [1.29, 1.82) is 0 Å². The van der Waals surface area contributed by atoms with Crippen LogP contribution in [0.15, 0.2) is 12.3 Å². The maximum absolute atomic E-state index is 13.6. The number of carbonyl (C=O) groups is 1. The van der Waals surface area contributed by atoms with E-state index < -0.39 is 0 Å². The fourth-order valence-electron chi connectivity index (χ4n) is 6.03. The van der Waals surface area contributed by atoms with E-state index in [4.69, 9.17) is 20.6 Å². The Balaban J connectivity index is 1.35. The fraction of sp³-hybridized carbons (Fsp3) is 0.720. The first-order valence-electron chi connectivity index (χ1n) is 12.7. The zero-order valence-electron chi connectivity index (χ0n) is 20.1. The van der Waals surface area contributed by atoms with Gasteiger partial charge in [0.25, 0.3) is 0 Å². The number of methoxy groups -OCH3 is 1. The van der Waals surface area contributed by atoms with E-state index in [0.29, 0.717) is 11.8 Å². The monoisotopic (exact) mass is 454 g/mol. The highest BCUT2D eigenvalue weighted by atomic mass is 16.5. The molecule has 0 aromatic carbocycles. The Hall–Kier alpha value is -2.19. The van der Waals surface area contributed by atoms with Gasteiger partial charge in [0.05, 0.1) is 11.7 Å². The summed E-state index contributed by atoms with van der Waals surface area (Å²) in [4.78, 5) is 22.9. The molecule has 1 amide bonds. The second kappa shape index (κ2) is 9.58. The Morgan fingerprint density at radius 2 is 1.97 bits per heavy atom. The molecular weight excluding hydrogens is 416 g/mol. The minimum absolute atomic E-state index is 0.0496. The molecule has 2 atom stereocenters. The second-order valence-corrected chi connectivity index (χ2v) is 10.3. The number of anilines is 1. The van der Waals surface area contributed by atoms with E-state index >= 15 is 0 Å². The molecule has 2 saturated heterocycles. The molecule has 2 N–H and O–H groups in total. The van der Waals surface area contributed by atoms with Gasteiger partial charge in [-0.3, -0.25) is 4.79 Å². The van der Waals surface area contributed by atoms with E-state index in [1.165, 1.54) is 0 Å². The molecule has 180 valence electrons. The molecule has 8 heteroatoms. The first kappa shape index (κ1) is 22.6. The summed E-state index contributed by atoms with van der Waals surface area (Å²) in [7, 11) is 1.77. The van der Waals surface area contributed by atoms with Gasteiger partial charge in [0, 0.05) is 63.1 Å². The van der Waals surface area contributed by atoms with E-state index in [1.54, 1.807) is 7.11 Å². The van der Waals surface area contributed by atoms with Crippen LogP contribution >= 0.6 is 0 Å². The summed E-state index contributed by atoms with van der Waals surface area (Å²) in [6, 6.07) is 2.35. The number of hydrogen-bond donors (Lipinski definition) is 1. The highest BCUT2D eigenvalue weighted by Crippen LogP contribution is 2.36. The van der Waals surface area contributed by atoms with Gasteiger partial charge in [-0.15, -0.1) is 0 Å². The first-order chi connectivity index (χ1) is 16.0. The number of carbonyl (C=O) groups excluding carboxylic acids is 1. The van der Waals surface area contributed by atoms with Crippen molar-refractivity contribution < 1.29 is 9.53 Å². The van der Waals surface area contributed by atoms with Gasteiger partial charge in [-0.25, -0.2) is 9.50 Å². The lowest BCUT2D eigenvalue weighted by molar-refractivity contribution is -0.141. The standard InChI is InChI=1S/C25H38N6O2/c1-17-14-31-23(27-24(17)29-12-10-20(26)15-29)13-21(28-31)22-5-3-4-11-30(22)25(32)19-8-6-18(7-9-19)16-33-2/h13-14,18-20,22H,3-12,15-16,26H2,1-2H3/t18?,19?,20-,22-/m0/s1. The maximum atomic E-state index is 13.6. The van der Waals surface area contributed by atoms with Crippen LogP contribution in [0.5, 0.6) is 0 Å². The van der Waals surface area contributed by atoms with Crippen molar-refractivity contribution in [2.75, 3.05) is 38.3 Å². The number of piperidine rings is 1. The maximum Gasteiger partial charge on any atom is 0.226 e. The van der Waals surface area contributed by atoms with Gasteiger partial charge in [0.1, 0.15) is 5.82 Å². The molecular formula is C25H38N6O2. The lowest BCUT2D eigenvalue weighted by Gasteiger charge is -2.38. The third kappa shape index (κ3) is 4.60. The van der Waals surface area contributed by atoms with E-state index in [9.17, 15) is 4.79 Å². The lowest BCUT2D eigenvalue weighted by atomic mass is 9.81. The van der Waals surface area contributed by atoms with Crippen LogP contribution in [0.3, 0.4) is 0 Å². The summed E-state index contributed by atoms with van der Waals surface area (Å²) in [6.07, 6.45) is 10.4. The number of aryl methyl sites for hydroxylation is 1. The fourth-order valence-corrected chi connectivity index (χ4v) is 6.03. The van der Waals surface area contributed by atoms with Crippen LogP contribution in [-0.4, -0.2) is 64.8 Å². The Labute approximate surface area is 196 Å². The quantitative estimate of drug-likeness (QED) is 0.747. The SMILES string of the molecule is COCC1CCC(C(=O)N2CCCC[C@H]2c2cc3nc(N4CC[C@H](N)C4)c(C)cn3n2)CC1. The highest BCUT2D eigenvalue weighted by Gasteiger charge is 2.35. The molecule has 3 aliphatic rings. The Kier molecular flexibility index (Phi) is 6.56. The van der Waals surface area contributed by atoms with Crippen molar-refractivity contribution in [2.24, 2.45) is 17.6 Å². The first-order valence-corrected chi connectivity index (χ1v) is 12.7. The number of nitrogens with zero attached hydrogens (tertiary/aromatic N) is 5. The van der Waals surface area contributed by atoms with Crippen molar-refractivity contribution in [3.8, 4) is 0 Å². The molecule has 33 heavy (non-hydrogen) atoms. The average Bonchev–Trinajstić information content (AvgIpc) is 3.44. The van der Waals surface area contributed by atoms with Gasteiger partial charge in [-0.05, 0) is 64.2 Å². The number of likely N-dealkylation sites (tertiary alicyclic amines) is 1. The third-order valence-corrected chi connectivity index (χ3v) is 7.87. The summed E-state index contributed by atoms with van der Waals surface area (Å²) in [5.41, 5.74) is 9.05. The molecule has 0 unspecified atom stereocenters. The zero-order valence-corrected chi connectivity index (χ0v) is 20.1. The third-order valence-electron chi connectivity index (χ3n) is 7.87. The van der Waals surface area contributed by atoms with Crippen molar-refractivity contribution in [2.45, 2.75) is 70.4 Å². The highest BCUT2D eigenvalue weighted by molar-refractivity contribution is 5.79. The number of fused-ring (bicyclic) bond motifs is 1. The van der Waals surface area contributed by atoms with Gasteiger partial charge < -0.3 is 20.3 Å². The largest absolute Gasteiger partial charge is 0.384 e. The van der Waals surface area contributed by atoms with E-state index in [1.807, 2.05) is 4.52 Å². The van der Waals surface area contributed by atoms with Gasteiger partial charge >= 0.3 is 0 Å². The van der Waals surface area contributed by atoms with Gasteiger partial charge in [0.2, 0.25) is 5.91 Å².